The Morgan fingerprint density at radius 2 is 2.14 bits per heavy atom. The first-order chi connectivity index (χ1) is 6.70. The van der Waals surface area contributed by atoms with Gasteiger partial charge in [0.25, 0.3) is 5.91 Å². The van der Waals surface area contributed by atoms with Gasteiger partial charge in [-0.2, -0.15) is 5.10 Å². The van der Waals surface area contributed by atoms with E-state index in [0.29, 0.717) is 0 Å². The van der Waals surface area contributed by atoms with E-state index < -0.39 is 12.0 Å². The summed E-state index contributed by atoms with van der Waals surface area (Å²) in [6.45, 7) is 1.38. The van der Waals surface area contributed by atoms with Crippen molar-refractivity contribution >= 4 is 12.1 Å². The summed E-state index contributed by atoms with van der Waals surface area (Å²) in [6.07, 6.45) is 0.475. The summed E-state index contributed by atoms with van der Waals surface area (Å²) in [7, 11) is 0. The minimum absolute atomic E-state index is 0.516. The minimum atomic E-state index is -1.04. The van der Waals surface area contributed by atoms with E-state index in [1.54, 1.807) is 0 Å². The average Bonchev–Trinajstić information content (AvgIpc) is 2.19. The van der Waals surface area contributed by atoms with Gasteiger partial charge < -0.3 is 5.11 Å². The highest BCUT2D eigenvalue weighted by Gasteiger charge is 2.05. The normalized spacial score (nSPS) is 12.7. The van der Waals surface area contributed by atoms with Gasteiger partial charge in [0.05, 0.1) is 6.21 Å². The van der Waals surface area contributed by atoms with Gasteiger partial charge in [-0.3, -0.25) is 4.79 Å². The van der Waals surface area contributed by atoms with Gasteiger partial charge in [0.1, 0.15) is 6.10 Å². The topological polar surface area (TPSA) is 61.7 Å². The highest BCUT2D eigenvalue weighted by molar-refractivity contribution is 5.83. The molecule has 0 bridgehead atoms. The summed E-state index contributed by atoms with van der Waals surface area (Å²) in [4.78, 5) is 10.9. The van der Waals surface area contributed by atoms with E-state index in [4.69, 9.17) is 5.11 Å². The van der Waals surface area contributed by atoms with Crippen LogP contribution < -0.4 is 5.43 Å². The van der Waals surface area contributed by atoms with Crippen LogP contribution in [-0.4, -0.2) is 23.3 Å². The van der Waals surface area contributed by atoms with Crippen molar-refractivity contribution in [3.05, 3.63) is 35.9 Å². The summed E-state index contributed by atoms with van der Waals surface area (Å²) >= 11 is 0. The van der Waals surface area contributed by atoms with Crippen LogP contribution in [0.1, 0.15) is 12.5 Å². The number of hydrogen-bond acceptors (Lipinski definition) is 3. The van der Waals surface area contributed by atoms with E-state index in [1.807, 2.05) is 30.3 Å². The molecule has 4 nitrogen and oxygen atoms in total. The molecule has 1 unspecified atom stereocenters. The number of nitrogens with one attached hydrogen (secondary N) is 1. The smallest absolute Gasteiger partial charge is 0.268 e. The second-order valence-electron chi connectivity index (χ2n) is 2.82. The zero-order valence-electron chi connectivity index (χ0n) is 7.84. The highest BCUT2D eigenvalue weighted by Crippen LogP contribution is 1.93. The monoisotopic (exact) mass is 192 g/mol. The Morgan fingerprint density at radius 1 is 1.50 bits per heavy atom. The number of amides is 1. The van der Waals surface area contributed by atoms with Crippen molar-refractivity contribution in [2.75, 3.05) is 0 Å². The van der Waals surface area contributed by atoms with Crippen LogP contribution in [0.3, 0.4) is 0 Å². The molecule has 14 heavy (non-hydrogen) atoms. The molecular formula is C10H12N2O2. The SMILES string of the molecule is CC(O)C(=O)NN=Cc1ccccc1. The molecule has 0 aliphatic carbocycles. The lowest BCUT2D eigenvalue weighted by Crippen LogP contribution is -2.28. The third-order valence-corrected chi connectivity index (χ3v) is 1.57. The fraction of sp³-hybridized carbons (Fsp3) is 0.200. The second-order valence-corrected chi connectivity index (χ2v) is 2.82. The number of benzene rings is 1. The molecule has 0 saturated carbocycles. The van der Waals surface area contributed by atoms with Gasteiger partial charge in [0, 0.05) is 0 Å². The molecule has 1 aromatic rings. The van der Waals surface area contributed by atoms with Crippen molar-refractivity contribution in [2.45, 2.75) is 13.0 Å². The zero-order valence-corrected chi connectivity index (χ0v) is 7.84. The zero-order chi connectivity index (χ0) is 10.4. The number of rotatable bonds is 3. The predicted octanol–water partition coefficient (Wildman–Crippen LogP) is 0.517. The second kappa shape index (κ2) is 5.14. The molecule has 0 heterocycles. The largest absolute Gasteiger partial charge is 0.383 e. The number of hydrazone groups is 1. The van der Waals surface area contributed by atoms with Crippen LogP contribution in [0.4, 0.5) is 0 Å². The summed E-state index contributed by atoms with van der Waals surface area (Å²) < 4.78 is 0. The molecule has 74 valence electrons. The van der Waals surface area contributed by atoms with Crippen LogP contribution in [0.15, 0.2) is 35.4 Å². The van der Waals surface area contributed by atoms with Crippen molar-refractivity contribution in [3.8, 4) is 0 Å². The summed E-state index contributed by atoms with van der Waals surface area (Å²) in [5, 5.41) is 12.5. The van der Waals surface area contributed by atoms with Crippen molar-refractivity contribution < 1.29 is 9.90 Å². The van der Waals surface area contributed by atoms with Crippen molar-refractivity contribution in [2.24, 2.45) is 5.10 Å². The van der Waals surface area contributed by atoms with E-state index in [-0.39, 0.29) is 0 Å². The van der Waals surface area contributed by atoms with Crippen molar-refractivity contribution in [1.29, 1.82) is 0 Å². The van der Waals surface area contributed by atoms with Gasteiger partial charge >= 0.3 is 0 Å². The highest BCUT2D eigenvalue weighted by atomic mass is 16.3. The number of hydrogen-bond donors (Lipinski definition) is 2. The van der Waals surface area contributed by atoms with E-state index in [0.717, 1.165) is 5.56 Å². The summed E-state index contributed by atoms with van der Waals surface area (Å²) in [5.41, 5.74) is 3.10. The third kappa shape index (κ3) is 3.37. The van der Waals surface area contributed by atoms with Gasteiger partial charge in [-0.1, -0.05) is 30.3 Å². The van der Waals surface area contributed by atoms with Crippen LogP contribution in [0.25, 0.3) is 0 Å². The Balaban J connectivity index is 2.46. The Labute approximate surface area is 82.3 Å². The lowest BCUT2D eigenvalue weighted by atomic mass is 10.2. The molecular weight excluding hydrogens is 180 g/mol. The number of aliphatic hydroxyl groups is 1. The first kappa shape index (κ1) is 10.4. The Kier molecular flexibility index (Phi) is 3.82. The fourth-order valence-corrected chi connectivity index (χ4v) is 0.803. The maximum atomic E-state index is 10.9. The van der Waals surface area contributed by atoms with Gasteiger partial charge in [0.2, 0.25) is 0 Å². The molecule has 0 fully saturated rings. The molecule has 0 aliphatic rings. The van der Waals surface area contributed by atoms with Gasteiger partial charge in [-0.05, 0) is 12.5 Å². The summed E-state index contributed by atoms with van der Waals surface area (Å²) in [5.74, 6) is -0.516. The van der Waals surface area contributed by atoms with Crippen LogP contribution in [0, 0.1) is 0 Å². The average molecular weight is 192 g/mol. The van der Waals surface area contributed by atoms with Gasteiger partial charge in [0.15, 0.2) is 0 Å². The lowest BCUT2D eigenvalue weighted by molar-refractivity contribution is -0.128. The first-order valence-electron chi connectivity index (χ1n) is 4.26. The molecule has 0 aliphatic heterocycles. The number of carbonyl (C=O) groups excluding carboxylic acids is 1. The lowest BCUT2D eigenvalue weighted by Gasteiger charge is -2.00. The predicted molar refractivity (Wildman–Crippen MR) is 53.9 cm³/mol. The number of nitrogens with zero attached hydrogens (tertiary/aromatic N) is 1. The standard InChI is InChI=1S/C10H12N2O2/c1-8(13)10(14)12-11-7-9-5-3-2-4-6-9/h2-8,13H,1H3,(H,12,14). The maximum Gasteiger partial charge on any atom is 0.268 e. The molecule has 1 amide bonds. The van der Waals surface area contributed by atoms with E-state index in [9.17, 15) is 4.79 Å². The first-order valence-corrected chi connectivity index (χ1v) is 4.26. The van der Waals surface area contributed by atoms with Crippen molar-refractivity contribution in [1.82, 2.24) is 5.43 Å². The Bertz CT molecular complexity index is 320. The van der Waals surface area contributed by atoms with Crippen LogP contribution >= 0.6 is 0 Å². The van der Waals surface area contributed by atoms with E-state index in [2.05, 4.69) is 10.5 Å². The van der Waals surface area contributed by atoms with Gasteiger partial charge in [-0.25, -0.2) is 5.43 Å². The van der Waals surface area contributed by atoms with Gasteiger partial charge in [-0.15, -0.1) is 0 Å². The molecule has 0 spiro atoms. The number of carbonyl (C=O) groups is 1. The molecule has 4 heteroatoms. The fourth-order valence-electron chi connectivity index (χ4n) is 0.803. The third-order valence-electron chi connectivity index (χ3n) is 1.57. The molecule has 1 rings (SSSR count). The molecule has 2 N–H and O–H groups in total. The molecule has 0 aromatic heterocycles. The van der Waals surface area contributed by atoms with Crippen molar-refractivity contribution in [3.63, 3.8) is 0 Å². The van der Waals surface area contributed by atoms with E-state index in [1.165, 1.54) is 13.1 Å². The molecule has 0 saturated heterocycles. The molecule has 1 atom stereocenters. The molecule has 0 radical (unpaired) electrons. The molecule has 1 aromatic carbocycles. The maximum absolute atomic E-state index is 10.9. The number of aliphatic hydroxyl groups excluding tert-OH is 1. The Hall–Kier alpha value is -1.68. The Morgan fingerprint density at radius 3 is 2.71 bits per heavy atom. The minimum Gasteiger partial charge on any atom is -0.383 e. The quantitative estimate of drug-likeness (QED) is 0.541. The summed E-state index contributed by atoms with van der Waals surface area (Å²) in [6, 6.07) is 9.36. The van der Waals surface area contributed by atoms with Crippen LogP contribution in [-0.2, 0) is 4.79 Å². The van der Waals surface area contributed by atoms with E-state index >= 15 is 0 Å². The van der Waals surface area contributed by atoms with Crippen LogP contribution in [0.2, 0.25) is 0 Å². The van der Waals surface area contributed by atoms with Crippen LogP contribution in [0.5, 0.6) is 0 Å².